The van der Waals surface area contributed by atoms with E-state index in [2.05, 4.69) is 4.57 Å². The molecule has 2 aromatic heterocycles. The summed E-state index contributed by atoms with van der Waals surface area (Å²) in [5, 5.41) is 13.5. The van der Waals surface area contributed by atoms with E-state index in [9.17, 15) is 9.90 Å². The summed E-state index contributed by atoms with van der Waals surface area (Å²) in [6.45, 7) is 2.72. The summed E-state index contributed by atoms with van der Waals surface area (Å²) in [5.41, 5.74) is 3.60. The van der Waals surface area contributed by atoms with E-state index in [1.807, 2.05) is 18.4 Å². The summed E-state index contributed by atoms with van der Waals surface area (Å²) in [6, 6.07) is 7.12. The molecule has 0 unspecified atom stereocenters. The number of carboxylic acid groups (broad SMARTS) is 1. The van der Waals surface area contributed by atoms with Crippen molar-refractivity contribution in [3.63, 3.8) is 0 Å². The van der Waals surface area contributed by atoms with Crippen molar-refractivity contribution in [1.29, 1.82) is 0 Å². The zero-order valence-electron chi connectivity index (χ0n) is 16.1. The minimum atomic E-state index is -0.901. The monoisotopic (exact) mass is 448 g/mol. The van der Waals surface area contributed by atoms with Crippen LogP contribution in [0.2, 0.25) is 10.0 Å². The van der Waals surface area contributed by atoms with Crippen molar-refractivity contribution < 1.29 is 9.90 Å². The fourth-order valence-corrected chi connectivity index (χ4v) is 5.52. The van der Waals surface area contributed by atoms with Crippen LogP contribution in [0, 0.1) is 12.8 Å². The van der Waals surface area contributed by atoms with Gasteiger partial charge >= 0.3 is 5.97 Å². The van der Waals surface area contributed by atoms with Crippen LogP contribution in [0.25, 0.3) is 22.0 Å². The summed E-state index contributed by atoms with van der Waals surface area (Å²) in [4.78, 5) is 16.5. The van der Waals surface area contributed by atoms with E-state index in [1.165, 1.54) is 43.4 Å². The van der Waals surface area contributed by atoms with Crippen molar-refractivity contribution >= 4 is 40.5 Å². The Morgan fingerprint density at radius 2 is 2.00 bits per heavy atom. The number of rotatable bonds is 5. The molecule has 0 atom stereocenters. The smallest absolute Gasteiger partial charge is 0.337 e. The van der Waals surface area contributed by atoms with Gasteiger partial charge in [-0.2, -0.15) is 0 Å². The maximum Gasteiger partial charge on any atom is 0.337 e. The molecule has 0 bridgehead atoms. The summed E-state index contributed by atoms with van der Waals surface area (Å²) < 4.78 is 2.14. The highest BCUT2D eigenvalue weighted by atomic mass is 35.5. The van der Waals surface area contributed by atoms with E-state index in [1.54, 1.807) is 18.2 Å². The normalized spacial score (nSPS) is 15.0. The van der Waals surface area contributed by atoms with Gasteiger partial charge in [-0.15, -0.1) is 11.3 Å². The van der Waals surface area contributed by atoms with E-state index in [0.29, 0.717) is 21.5 Å². The first-order valence-corrected chi connectivity index (χ1v) is 11.4. The fraction of sp³-hybridized carbons (Fsp3) is 0.364. The van der Waals surface area contributed by atoms with Crippen molar-refractivity contribution in [3.05, 3.63) is 50.9 Å². The van der Waals surface area contributed by atoms with Crippen molar-refractivity contribution in [2.75, 3.05) is 0 Å². The number of halogens is 2. The molecule has 2 heterocycles. The molecule has 29 heavy (non-hydrogen) atoms. The molecule has 152 valence electrons. The highest BCUT2D eigenvalue weighted by molar-refractivity contribution is 7.13. The van der Waals surface area contributed by atoms with E-state index in [4.69, 9.17) is 28.2 Å². The molecule has 0 amide bonds. The van der Waals surface area contributed by atoms with Crippen molar-refractivity contribution in [2.24, 2.45) is 5.92 Å². The second-order valence-electron chi connectivity index (χ2n) is 7.61. The van der Waals surface area contributed by atoms with Crippen molar-refractivity contribution in [3.8, 4) is 22.0 Å². The molecule has 1 saturated carbocycles. The summed E-state index contributed by atoms with van der Waals surface area (Å²) >= 11 is 13.9. The highest BCUT2D eigenvalue weighted by Gasteiger charge is 2.23. The van der Waals surface area contributed by atoms with Crippen molar-refractivity contribution in [1.82, 2.24) is 9.55 Å². The van der Waals surface area contributed by atoms with Gasteiger partial charge in [0.25, 0.3) is 0 Å². The van der Waals surface area contributed by atoms with Gasteiger partial charge in [-0.25, -0.2) is 9.78 Å². The maximum absolute atomic E-state index is 11.8. The molecule has 0 radical (unpaired) electrons. The Hall–Kier alpha value is -1.82. The van der Waals surface area contributed by atoms with Gasteiger partial charge in [-0.1, -0.05) is 42.5 Å². The average molecular weight is 449 g/mol. The lowest BCUT2D eigenvalue weighted by molar-refractivity contribution is 0.0696. The number of carbonyl (C=O) groups is 1. The van der Waals surface area contributed by atoms with Crippen LogP contribution < -0.4 is 0 Å². The van der Waals surface area contributed by atoms with Gasteiger partial charge in [-0.05, 0) is 49.9 Å². The predicted octanol–water partition coefficient (Wildman–Crippen LogP) is 7.17. The summed E-state index contributed by atoms with van der Waals surface area (Å²) in [6.07, 6.45) is 6.19. The Kier molecular flexibility index (Phi) is 6.00. The number of thiazole rings is 1. The number of hydrogen-bond acceptors (Lipinski definition) is 3. The number of aromatic carboxylic acids is 1. The Morgan fingerprint density at radius 3 is 2.69 bits per heavy atom. The number of carboxylic acids is 1. The largest absolute Gasteiger partial charge is 0.478 e. The molecule has 1 aromatic carbocycles. The SMILES string of the molecule is Cc1c(C(=O)O)cc(-c2csc(-c3ccc(Cl)cc3Cl)n2)n1CC1CCCCC1. The molecule has 7 heteroatoms. The molecular formula is C22H22Cl2N2O2S. The Labute approximate surface area is 184 Å². The molecular weight excluding hydrogens is 427 g/mol. The summed E-state index contributed by atoms with van der Waals surface area (Å²) in [5.74, 6) is -0.318. The highest BCUT2D eigenvalue weighted by Crippen LogP contribution is 2.36. The third-order valence-electron chi connectivity index (χ3n) is 5.69. The zero-order valence-corrected chi connectivity index (χ0v) is 18.4. The first-order valence-electron chi connectivity index (χ1n) is 9.78. The third-order valence-corrected chi connectivity index (χ3v) is 7.11. The van der Waals surface area contributed by atoms with Gasteiger partial charge in [0, 0.05) is 28.2 Å². The molecule has 4 nitrogen and oxygen atoms in total. The molecule has 3 aromatic rings. The summed E-state index contributed by atoms with van der Waals surface area (Å²) in [7, 11) is 0. The Bertz CT molecular complexity index is 1050. The van der Waals surface area contributed by atoms with Gasteiger partial charge in [-0.3, -0.25) is 0 Å². The van der Waals surface area contributed by atoms with E-state index in [-0.39, 0.29) is 0 Å². The van der Waals surface area contributed by atoms with Crippen LogP contribution in [0.5, 0.6) is 0 Å². The molecule has 4 rings (SSSR count). The zero-order chi connectivity index (χ0) is 20.5. The van der Waals surface area contributed by atoms with Gasteiger partial charge in [0.2, 0.25) is 0 Å². The van der Waals surface area contributed by atoms with Crippen LogP contribution in [-0.4, -0.2) is 20.6 Å². The average Bonchev–Trinajstić information content (AvgIpc) is 3.28. The molecule has 0 aliphatic heterocycles. The van der Waals surface area contributed by atoms with E-state index >= 15 is 0 Å². The van der Waals surface area contributed by atoms with Crippen LogP contribution >= 0.6 is 34.5 Å². The molecule has 1 aliphatic rings. The fourth-order valence-electron chi connectivity index (χ4n) is 4.12. The van der Waals surface area contributed by atoms with Gasteiger partial charge in [0.1, 0.15) is 5.01 Å². The number of hydrogen-bond donors (Lipinski definition) is 1. The van der Waals surface area contributed by atoms with Gasteiger partial charge in [0.05, 0.1) is 22.0 Å². The predicted molar refractivity (Wildman–Crippen MR) is 119 cm³/mol. The Morgan fingerprint density at radius 1 is 1.24 bits per heavy atom. The van der Waals surface area contributed by atoms with Gasteiger partial charge < -0.3 is 9.67 Å². The Balaban J connectivity index is 1.73. The van der Waals surface area contributed by atoms with Crippen LogP contribution in [0.3, 0.4) is 0 Å². The second kappa shape index (κ2) is 8.50. The second-order valence-corrected chi connectivity index (χ2v) is 9.31. The number of aromatic nitrogens is 2. The lowest BCUT2D eigenvalue weighted by atomic mass is 9.89. The molecule has 1 fully saturated rings. The lowest BCUT2D eigenvalue weighted by Gasteiger charge is -2.24. The first-order chi connectivity index (χ1) is 13.9. The minimum Gasteiger partial charge on any atom is -0.478 e. The quantitative estimate of drug-likeness (QED) is 0.449. The minimum absolute atomic E-state index is 0.342. The lowest BCUT2D eigenvalue weighted by Crippen LogP contribution is -2.16. The van der Waals surface area contributed by atoms with Crippen LogP contribution in [-0.2, 0) is 6.54 Å². The molecule has 0 spiro atoms. The maximum atomic E-state index is 11.8. The first kappa shape index (κ1) is 20.5. The van der Waals surface area contributed by atoms with E-state index < -0.39 is 5.97 Å². The van der Waals surface area contributed by atoms with Crippen LogP contribution in [0.4, 0.5) is 0 Å². The molecule has 1 N–H and O–H groups in total. The standard InChI is InChI=1S/C22H22Cl2N2O2S/c1-13-17(22(27)28)10-20(26(13)11-14-5-3-2-4-6-14)19-12-29-21(25-19)16-8-7-15(23)9-18(16)24/h7-10,12,14H,2-6,11H2,1H3,(H,27,28). The van der Waals surface area contributed by atoms with Crippen LogP contribution in [0.15, 0.2) is 29.6 Å². The number of benzene rings is 1. The third kappa shape index (κ3) is 4.23. The van der Waals surface area contributed by atoms with Gasteiger partial charge in [0.15, 0.2) is 0 Å². The number of nitrogens with zero attached hydrogens (tertiary/aromatic N) is 2. The van der Waals surface area contributed by atoms with Crippen LogP contribution in [0.1, 0.15) is 48.2 Å². The van der Waals surface area contributed by atoms with E-state index in [0.717, 1.165) is 34.2 Å². The molecule has 0 saturated heterocycles. The van der Waals surface area contributed by atoms with Crippen molar-refractivity contribution in [2.45, 2.75) is 45.6 Å². The molecule has 1 aliphatic carbocycles. The topological polar surface area (TPSA) is 55.1 Å².